The molecule has 2 aliphatic rings. The summed E-state index contributed by atoms with van der Waals surface area (Å²) >= 11 is 0. The normalized spacial score (nSPS) is 17.7. The van der Waals surface area contributed by atoms with Crippen molar-refractivity contribution in [3.05, 3.63) is 65.5 Å². The lowest BCUT2D eigenvalue weighted by Crippen LogP contribution is -2.48. The highest BCUT2D eigenvalue weighted by molar-refractivity contribution is 5.98. The topological polar surface area (TPSA) is 69.2 Å². The van der Waals surface area contributed by atoms with Gasteiger partial charge < -0.3 is 20.3 Å². The molecule has 2 heterocycles. The molecule has 4 rings (SSSR count). The van der Waals surface area contributed by atoms with E-state index in [4.69, 9.17) is 4.74 Å². The quantitative estimate of drug-likeness (QED) is 0.532. The number of rotatable bonds is 6. The van der Waals surface area contributed by atoms with E-state index in [1.165, 1.54) is 17.7 Å². The van der Waals surface area contributed by atoms with Crippen molar-refractivity contribution in [1.82, 2.24) is 15.5 Å². The first-order valence-corrected chi connectivity index (χ1v) is 11.1. The summed E-state index contributed by atoms with van der Waals surface area (Å²) in [6.07, 6.45) is 0.883. The number of anilines is 1. The predicted octanol–water partition coefficient (Wildman–Crippen LogP) is 1.95. The number of carbonyl (C=O) groups excluding carboxylic acids is 1. The van der Waals surface area contributed by atoms with Gasteiger partial charge in [0.05, 0.1) is 25.8 Å². The summed E-state index contributed by atoms with van der Waals surface area (Å²) in [5, 5.41) is 6.48. The molecule has 7 nitrogen and oxygen atoms in total. The fourth-order valence-electron chi connectivity index (χ4n) is 4.30. The largest absolute Gasteiger partial charge is 0.379 e. The van der Waals surface area contributed by atoms with Crippen molar-refractivity contribution in [2.24, 2.45) is 4.99 Å². The van der Waals surface area contributed by atoms with Crippen LogP contribution in [0.15, 0.2) is 53.5 Å². The Morgan fingerprint density at radius 2 is 1.84 bits per heavy atom. The number of amides is 1. The number of para-hydroxylation sites is 1. The van der Waals surface area contributed by atoms with Gasteiger partial charge in [0.25, 0.3) is 0 Å². The summed E-state index contributed by atoms with van der Waals surface area (Å²) in [6, 6.07) is 14.7. The lowest BCUT2D eigenvalue weighted by molar-refractivity contribution is -0.117. The monoisotopic (exact) mass is 439 g/mol. The molecule has 2 aliphatic heterocycles. The third-order valence-electron chi connectivity index (χ3n) is 6.02. The van der Waals surface area contributed by atoms with Gasteiger partial charge in [-0.25, -0.2) is 4.39 Å². The van der Waals surface area contributed by atoms with Crippen LogP contribution in [-0.2, 0) is 16.0 Å². The molecule has 2 aromatic carbocycles. The van der Waals surface area contributed by atoms with E-state index in [-0.39, 0.29) is 24.3 Å². The minimum Gasteiger partial charge on any atom is -0.379 e. The van der Waals surface area contributed by atoms with Crippen LogP contribution in [0.5, 0.6) is 0 Å². The number of carbonyl (C=O) groups is 1. The zero-order chi connectivity index (χ0) is 22.3. The highest BCUT2D eigenvalue weighted by Gasteiger charge is 2.25. The average Bonchev–Trinajstić information content (AvgIpc) is 3.27. The van der Waals surface area contributed by atoms with Crippen LogP contribution in [0.2, 0.25) is 0 Å². The molecule has 1 amide bonds. The van der Waals surface area contributed by atoms with Gasteiger partial charge in [-0.2, -0.15) is 0 Å². The van der Waals surface area contributed by atoms with E-state index >= 15 is 0 Å². The number of hydrogen-bond acceptors (Lipinski definition) is 4. The Bertz CT molecular complexity index is 944. The number of fused-ring (bicyclic) bond motifs is 1. The molecular formula is C24H30FN5O2. The smallest absolute Gasteiger partial charge is 0.246 e. The molecule has 0 spiro atoms. The van der Waals surface area contributed by atoms with Crippen molar-refractivity contribution in [2.45, 2.75) is 12.5 Å². The van der Waals surface area contributed by atoms with Crippen molar-refractivity contribution in [3.63, 3.8) is 0 Å². The van der Waals surface area contributed by atoms with E-state index in [1.54, 1.807) is 7.05 Å². The Morgan fingerprint density at radius 3 is 2.59 bits per heavy atom. The molecule has 2 N–H and O–H groups in total. The Balaban J connectivity index is 1.35. The number of ether oxygens (including phenoxy) is 1. The highest BCUT2D eigenvalue weighted by Crippen LogP contribution is 2.27. The molecule has 0 radical (unpaired) electrons. The van der Waals surface area contributed by atoms with Crippen LogP contribution in [-0.4, -0.2) is 69.8 Å². The zero-order valence-corrected chi connectivity index (χ0v) is 18.4. The summed E-state index contributed by atoms with van der Waals surface area (Å²) in [6.45, 7) is 4.41. The average molecular weight is 440 g/mol. The molecule has 8 heteroatoms. The lowest BCUT2D eigenvalue weighted by atomic mass is 10.0. The van der Waals surface area contributed by atoms with Gasteiger partial charge in [0.15, 0.2) is 5.96 Å². The summed E-state index contributed by atoms with van der Waals surface area (Å²) in [5.74, 6) is 0.328. The van der Waals surface area contributed by atoms with Crippen LogP contribution in [0.3, 0.4) is 0 Å². The lowest BCUT2D eigenvalue weighted by Gasteiger charge is -2.35. The second-order valence-corrected chi connectivity index (χ2v) is 7.95. The van der Waals surface area contributed by atoms with Crippen LogP contribution >= 0.6 is 0 Å². The molecule has 1 atom stereocenters. The number of morpholine rings is 1. The van der Waals surface area contributed by atoms with Gasteiger partial charge in [0.1, 0.15) is 5.82 Å². The summed E-state index contributed by atoms with van der Waals surface area (Å²) in [5.41, 5.74) is 3.22. The molecule has 32 heavy (non-hydrogen) atoms. The molecule has 2 aromatic rings. The standard InChI is InChI=1S/C24H30FN5O2/c1-26-24(28-17-23(31)30-11-10-18-4-2-3-5-21(18)30)27-16-22(29-12-14-32-15-13-29)19-6-8-20(25)9-7-19/h2-9,22H,10-17H2,1H3,(H2,26,27,28). The Morgan fingerprint density at radius 1 is 1.09 bits per heavy atom. The van der Waals surface area contributed by atoms with E-state index in [9.17, 15) is 9.18 Å². The zero-order valence-electron chi connectivity index (χ0n) is 18.4. The van der Waals surface area contributed by atoms with E-state index in [1.807, 2.05) is 35.2 Å². The number of guanidine groups is 1. The molecular weight excluding hydrogens is 409 g/mol. The summed E-state index contributed by atoms with van der Waals surface area (Å²) in [7, 11) is 1.69. The number of nitrogens with one attached hydrogen (secondary N) is 2. The Hall–Kier alpha value is -2.97. The fraction of sp³-hybridized carbons (Fsp3) is 0.417. The number of nitrogens with zero attached hydrogens (tertiary/aromatic N) is 3. The van der Waals surface area contributed by atoms with Gasteiger partial charge in [0.2, 0.25) is 5.91 Å². The van der Waals surface area contributed by atoms with Crippen LogP contribution in [0.25, 0.3) is 0 Å². The van der Waals surface area contributed by atoms with Crippen LogP contribution < -0.4 is 15.5 Å². The second-order valence-electron chi connectivity index (χ2n) is 7.95. The van der Waals surface area contributed by atoms with Crippen LogP contribution in [0.4, 0.5) is 10.1 Å². The van der Waals surface area contributed by atoms with Gasteiger partial charge in [0, 0.05) is 38.9 Å². The van der Waals surface area contributed by atoms with Crippen LogP contribution in [0.1, 0.15) is 17.2 Å². The molecule has 1 fully saturated rings. The number of benzene rings is 2. The minimum absolute atomic E-state index is 0.0150. The predicted molar refractivity (Wildman–Crippen MR) is 123 cm³/mol. The fourth-order valence-corrected chi connectivity index (χ4v) is 4.30. The van der Waals surface area contributed by atoms with Gasteiger partial charge in [-0.05, 0) is 35.7 Å². The first-order chi connectivity index (χ1) is 15.7. The first-order valence-electron chi connectivity index (χ1n) is 11.1. The van der Waals surface area contributed by atoms with Crippen molar-refractivity contribution < 1.29 is 13.9 Å². The minimum atomic E-state index is -0.248. The van der Waals surface area contributed by atoms with Crippen molar-refractivity contribution >= 4 is 17.6 Å². The Kier molecular flexibility index (Phi) is 7.34. The van der Waals surface area contributed by atoms with Crippen molar-refractivity contribution in [3.8, 4) is 0 Å². The molecule has 0 aliphatic carbocycles. The van der Waals surface area contributed by atoms with E-state index < -0.39 is 0 Å². The molecule has 1 saturated heterocycles. The third kappa shape index (κ3) is 5.26. The van der Waals surface area contributed by atoms with Crippen LogP contribution in [0, 0.1) is 5.82 Å². The van der Waals surface area contributed by atoms with Crippen molar-refractivity contribution in [1.29, 1.82) is 0 Å². The van der Waals surface area contributed by atoms with Gasteiger partial charge >= 0.3 is 0 Å². The summed E-state index contributed by atoms with van der Waals surface area (Å²) in [4.78, 5) is 21.2. The van der Waals surface area contributed by atoms with E-state index in [2.05, 4.69) is 26.6 Å². The molecule has 170 valence electrons. The molecule has 0 saturated carbocycles. The first kappa shape index (κ1) is 22.2. The van der Waals surface area contributed by atoms with Gasteiger partial charge in [-0.3, -0.25) is 14.7 Å². The maximum Gasteiger partial charge on any atom is 0.246 e. The molecule has 0 bridgehead atoms. The molecule has 1 unspecified atom stereocenters. The van der Waals surface area contributed by atoms with Gasteiger partial charge in [-0.1, -0.05) is 30.3 Å². The van der Waals surface area contributed by atoms with E-state index in [0.717, 1.165) is 30.8 Å². The van der Waals surface area contributed by atoms with Gasteiger partial charge in [-0.15, -0.1) is 0 Å². The maximum absolute atomic E-state index is 13.4. The number of aliphatic imine (C=N–C) groups is 1. The third-order valence-corrected chi connectivity index (χ3v) is 6.02. The molecule has 0 aromatic heterocycles. The Labute approximate surface area is 188 Å². The maximum atomic E-state index is 13.4. The number of halogens is 1. The van der Waals surface area contributed by atoms with Crippen molar-refractivity contribution in [2.75, 3.05) is 57.9 Å². The summed E-state index contributed by atoms with van der Waals surface area (Å²) < 4.78 is 18.9. The SMILES string of the molecule is CN=C(NCC(=O)N1CCc2ccccc21)NCC(c1ccc(F)cc1)N1CCOCC1. The second kappa shape index (κ2) is 10.6. The number of hydrogen-bond donors (Lipinski definition) is 2. The highest BCUT2D eigenvalue weighted by atomic mass is 19.1. The van der Waals surface area contributed by atoms with E-state index in [0.29, 0.717) is 32.3 Å².